The van der Waals surface area contributed by atoms with Crippen LogP contribution in [-0.4, -0.2) is 47.1 Å². The van der Waals surface area contributed by atoms with Crippen molar-refractivity contribution in [1.29, 1.82) is 0 Å². The third-order valence-electron chi connectivity index (χ3n) is 22.3. The van der Waals surface area contributed by atoms with Crippen LogP contribution in [0.1, 0.15) is 49.9 Å². The molecule has 561 valence electrons. The average molecular weight is 1640 g/mol. The van der Waals surface area contributed by atoms with Gasteiger partial charge in [-0.05, 0) is 188 Å². The molecule has 0 saturated heterocycles. The van der Waals surface area contributed by atoms with Gasteiger partial charge >= 0.3 is 7.12 Å². The van der Waals surface area contributed by atoms with Gasteiger partial charge in [0.05, 0.1) is 22.8 Å². The maximum Gasteiger partial charge on any atom is 0.488 e. The number of benzene rings is 14. The van der Waals surface area contributed by atoms with E-state index in [4.69, 9.17) is 31.5 Å². The molecule has 0 bridgehead atoms. The van der Waals surface area contributed by atoms with Crippen molar-refractivity contribution < 1.29 is 42.8 Å². The molecule has 8 nitrogen and oxygen atoms in total. The molecule has 0 saturated carbocycles. The van der Waals surface area contributed by atoms with Crippen LogP contribution in [0.3, 0.4) is 0 Å². The zero-order chi connectivity index (χ0) is 79.4. The number of hydrogen-bond acceptors (Lipinski definition) is 8. The number of nitrogens with zero attached hydrogens (tertiary/aromatic N) is 6. The first kappa shape index (κ1) is 79.2. The summed E-state index contributed by atoms with van der Waals surface area (Å²) in [4.78, 5) is 28.7. The Hall–Kier alpha value is -11.7. The summed E-state index contributed by atoms with van der Waals surface area (Å²) in [5.74, 6) is 1.39. The Kier molecular flexibility index (Phi) is 23.4. The van der Waals surface area contributed by atoms with Crippen molar-refractivity contribution >= 4 is 63.6 Å². The molecule has 0 amide bonds. The molecule has 0 aliphatic heterocycles. The summed E-state index contributed by atoms with van der Waals surface area (Å²) < 4.78 is 0. The zero-order valence-electron chi connectivity index (χ0n) is 65.1. The van der Waals surface area contributed by atoms with Gasteiger partial charge in [0.25, 0.3) is 0 Å². The number of fused-ring (bicyclic) bond motifs is 10. The normalized spacial score (nSPS) is 12.2. The van der Waals surface area contributed by atoms with Crippen LogP contribution in [0.5, 0.6) is 0 Å². The predicted octanol–water partition coefficient (Wildman–Crippen LogP) is 25.7. The first-order chi connectivity index (χ1) is 56.7. The van der Waals surface area contributed by atoms with E-state index in [9.17, 15) is 10.0 Å². The van der Waals surface area contributed by atoms with Crippen LogP contribution in [0.4, 0.5) is 0 Å². The quantitative estimate of drug-likeness (QED) is 0.0917. The van der Waals surface area contributed by atoms with Gasteiger partial charge in [-0.2, -0.15) is 0 Å². The topological polar surface area (TPSA) is 118 Å². The largest absolute Gasteiger partial charge is 0.488 e. The molecule has 0 spiro atoms. The van der Waals surface area contributed by atoms with Gasteiger partial charge in [-0.1, -0.05) is 330 Å². The molecule has 2 aliphatic carbocycles. The van der Waals surface area contributed by atoms with Crippen LogP contribution in [0.25, 0.3) is 167 Å². The SMILES string of the molecule is CC1(C)c2cc(-c3cccc(-c4cccc(-c5cc(-c6ccc(-c7cccnc7)cc6)nc(-c6ccccc6)n5)c4)c3)ccc2-c2ccc3ccccc3c21.CC1(C)c2cc(B(O)O)ccc2-c2ccc3ccccc3c21.Clc1cccc(-c2cccc(-c3cc(-c4ccc(-c5cccnc5)cc4)nc(-c4ccccc4)n3)c2)c1.PP.[Y]. The van der Waals surface area contributed by atoms with Crippen LogP contribution in [0.2, 0.25) is 5.02 Å². The second-order valence-electron chi connectivity index (χ2n) is 30.2. The van der Waals surface area contributed by atoms with E-state index in [0.29, 0.717) is 22.1 Å². The summed E-state index contributed by atoms with van der Waals surface area (Å²) in [7, 11) is 3.24. The number of hydrogen-bond donors (Lipinski definition) is 2. The Morgan fingerprint density at radius 3 is 1.04 bits per heavy atom. The van der Waals surface area contributed by atoms with Gasteiger partial charge < -0.3 is 10.0 Å². The van der Waals surface area contributed by atoms with Crippen LogP contribution < -0.4 is 5.46 Å². The Bertz CT molecular complexity index is 6660. The minimum atomic E-state index is -1.43. The van der Waals surface area contributed by atoms with E-state index in [1.807, 2.05) is 103 Å². The molecule has 4 heterocycles. The second-order valence-corrected chi connectivity index (χ2v) is 30.6. The summed E-state index contributed by atoms with van der Waals surface area (Å²) in [6.45, 7) is 9.15. The minimum Gasteiger partial charge on any atom is -0.423 e. The van der Waals surface area contributed by atoms with Gasteiger partial charge in [-0.25, -0.2) is 19.9 Å². The van der Waals surface area contributed by atoms with Crippen LogP contribution in [0.15, 0.2) is 377 Å². The van der Waals surface area contributed by atoms with Gasteiger partial charge in [-0.3, -0.25) is 9.97 Å². The van der Waals surface area contributed by atoms with Crippen molar-refractivity contribution in [2.75, 3.05) is 0 Å². The summed E-state index contributed by atoms with van der Waals surface area (Å²) in [5, 5.41) is 24.8. The molecular formula is C104H80BClN6O2P2Y. The predicted molar refractivity (Wildman–Crippen MR) is 490 cm³/mol. The summed E-state index contributed by atoms with van der Waals surface area (Å²) >= 11 is 6.25. The van der Waals surface area contributed by atoms with Crippen LogP contribution >= 0.6 is 29.5 Å². The van der Waals surface area contributed by atoms with Gasteiger partial charge in [0.15, 0.2) is 11.6 Å². The fraction of sp³-hybridized carbons (Fsp3) is 0.0577. The maximum absolute atomic E-state index is 9.47. The second kappa shape index (κ2) is 34.6. The molecule has 2 N–H and O–H groups in total. The molecule has 0 fully saturated rings. The number of pyridine rings is 2. The maximum atomic E-state index is 9.47. The zero-order valence-corrected chi connectivity index (χ0v) is 71.0. The Labute approximate surface area is 718 Å². The Balaban J connectivity index is 0.000000142. The van der Waals surface area contributed by atoms with Crippen molar-refractivity contribution in [1.82, 2.24) is 29.9 Å². The number of aromatic nitrogens is 6. The van der Waals surface area contributed by atoms with E-state index < -0.39 is 7.12 Å². The first-order valence-corrected chi connectivity index (χ1v) is 41.8. The standard InChI is InChI=1S/C52H37N3.C33H22ClN3.C19H17BO2.H4P2.Y/c1-52(2)47-31-41(25-26-45(47)46-27-24-35-11-6-7-19-44(35)50(46)52)39-15-8-14-38(29-39)40-16-9-17-42(30-40)49-32-48(54-51(55-49)37-12-4-3-5-13-37)36-22-20-34(21-23-36)43-18-10-28-53-33-43;34-30-13-5-10-27(20-30)26-9-4-11-28(19-26)32-21-31(36-33(37-32)25-7-2-1-3-8-25)24-16-14-23(15-17-24)29-12-6-18-35-22-29;1-19(2)17-11-13(20(21)22)8-10-15(17)16-9-7-12-5-3-4-6-14(12)18(16)19;1-2;/h3-33H,1-2H3;1-22H;3-11,21-22H,1-2H3;1-2H2;. The van der Waals surface area contributed by atoms with E-state index in [1.54, 1.807) is 18.5 Å². The fourth-order valence-electron chi connectivity index (χ4n) is 16.5. The van der Waals surface area contributed by atoms with E-state index in [0.717, 1.165) is 106 Å². The number of rotatable bonds is 12. The Morgan fingerprint density at radius 2 is 0.615 bits per heavy atom. The average Bonchev–Trinajstić information content (AvgIpc) is 1.57. The molecule has 2 unspecified atom stereocenters. The van der Waals surface area contributed by atoms with Crippen molar-refractivity contribution in [3.63, 3.8) is 0 Å². The van der Waals surface area contributed by atoms with Gasteiger partial charge in [-0.15, -0.1) is 17.9 Å². The first-order valence-electron chi connectivity index (χ1n) is 38.7. The molecule has 13 heteroatoms. The smallest absolute Gasteiger partial charge is 0.423 e. The molecule has 20 rings (SSSR count). The molecule has 1 radical (unpaired) electrons. The molecule has 14 aromatic carbocycles. The van der Waals surface area contributed by atoms with Crippen LogP contribution in [0, 0.1) is 0 Å². The van der Waals surface area contributed by atoms with E-state index in [1.165, 1.54) is 71.6 Å². The minimum absolute atomic E-state index is 0. The van der Waals surface area contributed by atoms with Crippen LogP contribution in [-0.2, 0) is 43.5 Å². The summed E-state index contributed by atoms with van der Waals surface area (Å²) in [5.41, 5.74) is 31.5. The van der Waals surface area contributed by atoms with Gasteiger partial charge in [0, 0.05) is 107 Å². The van der Waals surface area contributed by atoms with Crippen molar-refractivity contribution in [2.24, 2.45) is 0 Å². The van der Waals surface area contributed by atoms with E-state index in [-0.39, 0.29) is 43.5 Å². The van der Waals surface area contributed by atoms with E-state index in [2.05, 4.69) is 310 Å². The third kappa shape index (κ3) is 16.4. The van der Waals surface area contributed by atoms with Gasteiger partial charge in [0.1, 0.15) is 0 Å². The van der Waals surface area contributed by atoms with Crippen molar-refractivity contribution in [3.05, 3.63) is 404 Å². The monoisotopic (exact) mass is 1640 g/mol. The molecule has 4 aromatic heterocycles. The van der Waals surface area contributed by atoms with Crippen molar-refractivity contribution in [3.8, 4) is 146 Å². The third-order valence-corrected chi connectivity index (χ3v) is 22.5. The molecule has 18 aromatic rings. The van der Waals surface area contributed by atoms with Crippen molar-refractivity contribution in [2.45, 2.75) is 38.5 Å². The van der Waals surface area contributed by atoms with Gasteiger partial charge in [0.2, 0.25) is 0 Å². The number of halogens is 1. The summed E-state index contributed by atoms with van der Waals surface area (Å²) in [6.07, 6.45) is 7.35. The molecule has 2 atom stereocenters. The fourth-order valence-corrected chi connectivity index (χ4v) is 16.7. The van der Waals surface area contributed by atoms with E-state index >= 15 is 0 Å². The molecule has 117 heavy (non-hydrogen) atoms. The Morgan fingerprint density at radius 1 is 0.282 bits per heavy atom. The summed E-state index contributed by atoms with van der Waals surface area (Å²) in [6, 6.07) is 122. The molecule has 2 aliphatic rings. The molecular weight excluding hydrogens is 1560 g/mol.